The predicted molar refractivity (Wildman–Crippen MR) is 155 cm³/mol. The maximum absolute atomic E-state index is 13.6. The molecule has 0 aliphatic rings. The van der Waals surface area contributed by atoms with Gasteiger partial charge in [-0.05, 0) is 43.3 Å². The van der Waals surface area contributed by atoms with Crippen molar-refractivity contribution in [3.05, 3.63) is 91.2 Å². The number of carboxylic acids is 1. The molecule has 0 aliphatic carbocycles. The quantitative estimate of drug-likeness (QED) is 0.179. The van der Waals surface area contributed by atoms with Crippen LogP contribution in [0, 0.1) is 18.3 Å². The number of alkyl halides is 4. The normalized spacial score (nSPS) is 11.7. The zero-order chi connectivity index (χ0) is 31.1. The summed E-state index contributed by atoms with van der Waals surface area (Å²) in [6.45, 7) is 0.221. The summed E-state index contributed by atoms with van der Waals surface area (Å²) in [4.78, 5) is 29.4. The van der Waals surface area contributed by atoms with Gasteiger partial charge in [0.25, 0.3) is 0 Å². The number of fused-ring (bicyclic) bond motifs is 2. The van der Waals surface area contributed by atoms with Crippen LogP contribution in [-0.4, -0.2) is 33.9 Å². The molecule has 0 bridgehead atoms. The van der Waals surface area contributed by atoms with Crippen LogP contribution in [0.3, 0.4) is 0 Å². The molecule has 0 saturated carbocycles. The van der Waals surface area contributed by atoms with Gasteiger partial charge in [-0.1, -0.05) is 11.6 Å². The Bertz CT molecular complexity index is 2010. The van der Waals surface area contributed by atoms with E-state index in [1.165, 1.54) is 34.4 Å². The Morgan fingerprint density at radius 2 is 1.98 bits per heavy atom. The Morgan fingerprint density at radius 1 is 1.21 bits per heavy atom. The number of aromatic nitrogens is 2. The van der Waals surface area contributed by atoms with Crippen LogP contribution in [0.2, 0.25) is 5.02 Å². The highest BCUT2D eigenvalue weighted by Crippen LogP contribution is 2.40. The van der Waals surface area contributed by atoms with Gasteiger partial charge < -0.3 is 14.4 Å². The van der Waals surface area contributed by atoms with E-state index in [4.69, 9.17) is 16.3 Å². The van der Waals surface area contributed by atoms with Crippen molar-refractivity contribution in [2.45, 2.75) is 26.1 Å². The number of carbonyl (C=O) groups is 1. The fraction of sp³-hybridized carbons (Fsp3) is 0.200. The Kier molecular flexibility index (Phi) is 8.14. The molecule has 0 aliphatic heterocycles. The van der Waals surface area contributed by atoms with Gasteiger partial charge in [-0.2, -0.15) is 18.4 Å². The van der Waals surface area contributed by atoms with Crippen LogP contribution in [0.15, 0.2) is 52.8 Å². The number of pyridine rings is 2. The van der Waals surface area contributed by atoms with Crippen LogP contribution < -0.4 is 10.2 Å². The second-order valence-corrected chi connectivity index (χ2v) is 10.8. The van der Waals surface area contributed by atoms with Gasteiger partial charge in [-0.25, -0.2) is 9.18 Å². The first kappa shape index (κ1) is 30.0. The number of hydrogen-bond donors (Lipinski definition) is 1. The van der Waals surface area contributed by atoms with E-state index in [2.05, 4.69) is 4.98 Å². The highest BCUT2D eigenvalue weighted by Gasteiger charge is 2.32. The van der Waals surface area contributed by atoms with Gasteiger partial charge in [-0.15, -0.1) is 11.3 Å². The van der Waals surface area contributed by atoms with Crippen LogP contribution in [0.5, 0.6) is 5.75 Å². The Labute approximate surface area is 250 Å². The standard InChI is InChI=1S/C30H20ClF4N3O4S/c1-15-19(27(39)25-16(13-36)10-17(30(33,34)35)11-23(25)38(15)8-6-32)5-9-42-24-3-2-18(31)12-21(24)20-4-7-37-26-22(29(40)41)14-43-28(20)26/h2-4,7,10-12,14H,5-6,8-9H2,1H3,(H,40,41). The third-order valence-corrected chi connectivity index (χ3v) is 8.27. The fourth-order valence-electron chi connectivity index (χ4n) is 5.05. The molecule has 2 aromatic carbocycles. The number of aryl methyl sites for hydroxylation is 1. The molecule has 13 heteroatoms. The maximum Gasteiger partial charge on any atom is 0.416 e. The first-order valence-corrected chi connectivity index (χ1v) is 14.0. The number of carboxylic acid groups (broad SMARTS) is 1. The lowest BCUT2D eigenvalue weighted by molar-refractivity contribution is -0.137. The van der Waals surface area contributed by atoms with E-state index in [0.717, 1.165) is 6.07 Å². The zero-order valence-corrected chi connectivity index (χ0v) is 23.8. The van der Waals surface area contributed by atoms with Crippen molar-refractivity contribution in [2.75, 3.05) is 13.3 Å². The van der Waals surface area contributed by atoms with Gasteiger partial charge in [-0.3, -0.25) is 9.78 Å². The van der Waals surface area contributed by atoms with E-state index in [-0.39, 0.29) is 47.3 Å². The highest BCUT2D eigenvalue weighted by atomic mass is 35.5. The third-order valence-electron chi connectivity index (χ3n) is 7.03. The number of rotatable bonds is 8. The summed E-state index contributed by atoms with van der Waals surface area (Å²) < 4.78 is 62.1. The summed E-state index contributed by atoms with van der Waals surface area (Å²) in [6.07, 6.45) is -3.30. The van der Waals surface area contributed by atoms with E-state index in [1.54, 1.807) is 30.3 Å². The molecule has 7 nitrogen and oxygen atoms in total. The molecule has 0 fully saturated rings. The predicted octanol–water partition coefficient (Wildman–Crippen LogP) is 7.42. The number of halogens is 5. The van der Waals surface area contributed by atoms with Gasteiger partial charge in [0, 0.05) is 45.4 Å². The molecule has 0 saturated heterocycles. The van der Waals surface area contributed by atoms with Crippen molar-refractivity contribution in [1.29, 1.82) is 5.26 Å². The molecular formula is C30H20ClF4N3O4S. The summed E-state index contributed by atoms with van der Waals surface area (Å²) >= 11 is 7.48. The lowest BCUT2D eigenvalue weighted by Crippen LogP contribution is -2.23. The minimum atomic E-state index is -4.77. The largest absolute Gasteiger partial charge is 0.493 e. The number of aromatic carboxylic acids is 1. The average molecular weight is 630 g/mol. The number of ether oxygens (including phenoxy) is 1. The van der Waals surface area contributed by atoms with Gasteiger partial charge >= 0.3 is 12.1 Å². The van der Waals surface area contributed by atoms with E-state index >= 15 is 0 Å². The first-order chi connectivity index (χ1) is 20.5. The maximum atomic E-state index is 13.6. The van der Waals surface area contributed by atoms with Gasteiger partial charge in [0.1, 0.15) is 12.4 Å². The molecule has 0 unspecified atom stereocenters. The van der Waals surface area contributed by atoms with Crippen LogP contribution in [0.25, 0.3) is 32.2 Å². The summed E-state index contributed by atoms with van der Waals surface area (Å²) in [5.74, 6) is -0.742. The SMILES string of the molecule is Cc1c(CCOc2ccc(Cl)cc2-c2ccnc3c(C(=O)O)csc23)c(=O)c2c(C#N)cc(C(F)(F)F)cc2n1CCF. The molecule has 0 spiro atoms. The van der Waals surface area contributed by atoms with Crippen LogP contribution in [0.1, 0.15) is 32.7 Å². The van der Waals surface area contributed by atoms with Gasteiger partial charge in [0.05, 0.1) is 57.0 Å². The molecule has 5 aromatic rings. The molecule has 1 N–H and O–H groups in total. The Morgan fingerprint density at radius 3 is 2.65 bits per heavy atom. The number of benzene rings is 2. The lowest BCUT2D eigenvalue weighted by Gasteiger charge is -2.20. The van der Waals surface area contributed by atoms with Crippen molar-refractivity contribution < 1.29 is 32.2 Å². The van der Waals surface area contributed by atoms with E-state index in [0.29, 0.717) is 38.2 Å². The Balaban J connectivity index is 1.55. The fourth-order valence-corrected chi connectivity index (χ4v) is 6.25. The van der Waals surface area contributed by atoms with Crippen molar-refractivity contribution in [2.24, 2.45) is 0 Å². The van der Waals surface area contributed by atoms with E-state index < -0.39 is 35.4 Å². The average Bonchev–Trinajstić information content (AvgIpc) is 3.41. The molecule has 3 heterocycles. The molecule has 0 atom stereocenters. The minimum absolute atomic E-state index is 0.00519. The van der Waals surface area contributed by atoms with E-state index in [1.807, 2.05) is 0 Å². The zero-order valence-electron chi connectivity index (χ0n) is 22.3. The summed E-state index contributed by atoms with van der Waals surface area (Å²) in [5.41, 5.74) is -0.398. The number of hydrogen-bond acceptors (Lipinski definition) is 6. The molecular weight excluding hydrogens is 610 g/mol. The van der Waals surface area contributed by atoms with Gasteiger partial charge in [0.15, 0.2) is 5.43 Å². The lowest BCUT2D eigenvalue weighted by atomic mass is 9.99. The van der Waals surface area contributed by atoms with E-state index in [9.17, 15) is 37.5 Å². The third kappa shape index (κ3) is 5.53. The summed E-state index contributed by atoms with van der Waals surface area (Å²) in [6, 6.07) is 9.64. The first-order valence-electron chi connectivity index (χ1n) is 12.7. The van der Waals surface area contributed by atoms with Crippen LogP contribution in [0.4, 0.5) is 17.6 Å². The van der Waals surface area contributed by atoms with Crippen LogP contribution in [-0.2, 0) is 19.1 Å². The van der Waals surface area contributed by atoms with Crippen molar-refractivity contribution in [1.82, 2.24) is 9.55 Å². The monoisotopic (exact) mass is 629 g/mol. The minimum Gasteiger partial charge on any atom is -0.493 e. The number of nitriles is 1. The topological polar surface area (TPSA) is 105 Å². The molecule has 0 amide bonds. The number of nitrogens with zero attached hydrogens (tertiary/aromatic N) is 3. The van der Waals surface area contributed by atoms with Crippen molar-refractivity contribution >= 4 is 50.0 Å². The molecule has 220 valence electrons. The number of thiophene rings is 1. The second-order valence-electron chi connectivity index (χ2n) is 9.49. The second kappa shape index (κ2) is 11.7. The van der Waals surface area contributed by atoms with Crippen LogP contribution >= 0.6 is 22.9 Å². The summed E-state index contributed by atoms with van der Waals surface area (Å²) in [5, 5.41) is 20.8. The van der Waals surface area contributed by atoms with Gasteiger partial charge in [0.2, 0.25) is 0 Å². The molecule has 0 radical (unpaired) electrons. The van der Waals surface area contributed by atoms with Crippen molar-refractivity contribution in [3.8, 4) is 22.9 Å². The molecule has 43 heavy (non-hydrogen) atoms. The smallest absolute Gasteiger partial charge is 0.416 e. The molecule has 5 rings (SSSR count). The highest BCUT2D eigenvalue weighted by molar-refractivity contribution is 7.18. The van der Waals surface area contributed by atoms with Crippen molar-refractivity contribution in [3.63, 3.8) is 0 Å². The molecule has 3 aromatic heterocycles. The Hall–Kier alpha value is -4.47. The summed E-state index contributed by atoms with van der Waals surface area (Å²) in [7, 11) is 0.